The van der Waals surface area contributed by atoms with E-state index >= 15 is 0 Å². The molecule has 0 aliphatic heterocycles. The maximum Gasteiger partial charge on any atom is 0.0798 e. The Morgan fingerprint density at radius 1 is 0.750 bits per heavy atom. The van der Waals surface area contributed by atoms with E-state index in [0.717, 1.165) is 21.8 Å². The van der Waals surface area contributed by atoms with Gasteiger partial charge in [0.25, 0.3) is 0 Å². The number of halogens is 2. The summed E-state index contributed by atoms with van der Waals surface area (Å²) in [6.45, 7) is 8.67. The van der Waals surface area contributed by atoms with Crippen LogP contribution in [-0.4, -0.2) is 16.3 Å². The van der Waals surface area contributed by atoms with Crippen LogP contribution in [0.3, 0.4) is 0 Å². The van der Waals surface area contributed by atoms with E-state index in [4.69, 9.17) is 27.5 Å². The zero-order chi connectivity index (χ0) is 17.4. The van der Waals surface area contributed by atoms with E-state index < -0.39 is 14.5 Å². The van der Waals surface area contributed by atoms with Crippen LogP contribution in [-0.2, 0) is 0 Å². The Hall–Kier alpha value is -0.450. The van der Waals surface area contributed by atoms with E-state index in [1.165, 1.54) is 10.6 Å². The molecule has 1 heterocycles. The van der Waals surface area contributed by atoms with Crippen molar-refractivity contribution in [3.05, 3.63) is 42.5 Å². The summed E-state index contributed by atoms with van der Waals surface area (Å²) in [5.74, 6) is 0. The molecule has 126 valence electrons. The van der Waals surface area contributed by atoms with Crippen LogP contribution >= 0.6 is 37.0 Å². The summed E-state index contributed by atoms with van der Waals surface area (Å²) in [5, 5.41) is 4.63. The second-order valence-corrected chi connectivity index (χ2v) is 13.0. The lowest BCUT2D eigenvalue weighted by Gasteiger charge is -2.18. The normalized spacial score (nSPS) is 14.7. The van der Waals surface area contributed by atoms with Gasteiger partial charge >= 0.3 is 0 Å². The molecule has 5 heteroatoms. The Labute approximate surface area is 155 Å². The third-order valence-electron chi connectivity index (χ3n) is 3.99. The fourth-order valence-electron chi connectivity index (χ4n) is 2.75. The molecule has 0 N–H and O–H groups in total. The maximum absolute atomic E-state index is 6.73. The molecule has 0 saturated carbocycles. The van der Waals surface area contributed by atoms with Gasteiger partial charge in [0.15, 0.2) is 0 Å². The number of benzene rings is 2. The van der Waals surface area contributed by atoms with E-state index in [1.54, 1.807) is 0 Å². The third kappa shape index (κ3) is 3.42. The Morgan fingerprint density at radius 2 is 1.17 bits per heavy atom. The highest BCUT2D eigenvalue weighted by atomic mass is 35.7. The van der Waals surface area contributed by atoms with E-state index in [2.05, 4.69) is 70.2 Å². The van der Waals surface area contributed by atoms with Crippen molar-refractivity contribution in [2.45, 2.75) is 39.0 Å². The number of hydrogen-bond donors (Lipinski definition) is 0. The van der Waals surface area contributed by atoms with Gasteiger partial charge in [0.2, 0.25) is 0 Å². The fraction of sp³-hybridized carbons (Fsp3) is 0.316. The molecule has 0 spiro atoms. The van der Waals surface area contributed by atoms with Gasteiger partial charge in [0.1, 0.15) is 0 Å². The zero-order valence-electron chi connectivity index (χ0n) is 14.3. The number of nitrogens with zero attached hydrogens (tertiary/aromatic N) is 1. The van der Waals surface area contributed by atoms with Gasteiger partial charge in [0.05, 0.1) is 11.0 Å². The third-order valence-corrected chi connectivity index (χ3v) is 10.9. The molecule has 0 saturated heterocycles. The zero-order valence-corrected chi connectivity index (χ0v) is 17.6. The van der Waals surface area contributed by atoms with Gasteiger partial charge < -0.3 is 0 Å². The summed E-state index contributed by atoms with van der Waals surface area (Å²) < 4.78 is 0. The van der Waals surface area contributed by atoms with Crippen molar-refractivity contribution in [3.8, 4) is 0 Å². The average molecular weight is 396 g/mol. The lowest BCUT2D eigenvalue weighted by Crippen LogP contribution is -2.10. The first kappa shape index (κ1) is 18.3. The Balaban J connectivity index is 2.31. The molecule has 1 aromatic heterocycles. The number of rotatable bonds is 4. The van der Waals surface area contributed by atoms with Crippen LogP contribution in [0.5, 0.6) is 0 Å². The minimum absolute atomic E-state index is 0.417. The Morgan fingerprint density at radius 3 is 1.54 bits per heavy atom. The van der Waals surface area contributed by atoms with Crippen molar-refractivity contribution in [1.82, 2.24) is 4.98 Å². The van der Waals surface area contributed by atoms with Crippen molar-refractivity contribution in [1.29, 1.82) is 0 Å². The molecule has 2 unspecified atom stereocenters. The van der Waals surface area contributed by atoms with Crippen LogP contribution in [0.4, 0.5) is 0 Å². The SMILES string of the molecule is CC(C)P(Cl)c1cccc2cc3cccc(P(Cl)C(C)C)c3nc12. The molecular weight excluding hydrogens is 375 g/mol. The van der Waals surface area contributed by atoms with Crippen molar-refractivity contribution in [3.63, 3.8) is 0 Å². The average Bonchev–Trinajstić information content (AvgIpc) is 2.57. The van der Waals surface area contributed by atoms with Gasteiger partial charge in [-0.25, -0.2) is 4.98 Å². The number of hydrogen-bond acceptors (Lipinski definition) is 1. The van der Waals surface area contributed by atoms with Gasteiger partial charge in [-0.05, 0) is 17.4 Å². The highest BCUT2D eigenvalue weighted by Gasteiger charge is 2.19. The molecule has 0 fully saturated rings. The summed E-state index contributed by atoms with van der Waals surface area (Å²) in [7, 11) is -1.49. The topological polar surface area (TPSA) is 12.9 Å². The molecule has 1 nitrogen and oxygen atoms in total. The van der Waals surface area contributed by atoms with E-state index in [0.29, 0.717) is 11.3 Å². The lowest BCUT2D eigenvalue weighted by molar-refractivity contribution is 1.11. The molecule has 3 aromatic rings. The number of para-hydroxylation sites is 2. The maximum atomic E-state index is 6.73. The number of aromatic nitrogens is 1. The molecule has 0 aliphatic carbocycles. The standard InChI is InChI=1S/C19H21Cl2NP2/c1-12(2)23(20)16-9-5-7-14-11-15-8-6-10-17(24(21)13(3)4)19(15)22-18(14)16/h5-13H,1-4H3. The predicted molar refractivity (Wildman–Crippen MR) is 114 cm³/mol. The van der Waals surface area contributed by atoms with Crippen LogP contribution in [0.25, 0.3) is 21.8 Å². The quantitative estimate of drug-likeness (QED) is 0.352. The van der Waals surface area contributed by atoms with Crippen LogP contribution in [0.1, 0.15) is 27.7 Å². The molecule has 2 atom stereocenters. The largest absolute Gasteiger partial charge is 0.246 e. The molecule has 3 rings (SSSR count). The fourth-order valence-corrected chi connectivity index (χ4v) is 5.91. The predicted octanol–water partition coefficient (Wildman–Crippen LogP) is 6.73. The minimum atomic E-state index is -0.745. The second kappa shape index (κ2) is 7.43. The van der Waals surface area contributed by atoms with Gasteiger partial charge in [-0.1, -0.05) is 86.6 Å². The molecule has 0 aliphatic rings. The van der Waals surface area contributed by atoms with Crippen molar-refractivity contribution in [2.24, 2.45) is 0 Å². The first-order valence-corrected chi connectivity index (χ1v) is 12.8. The molecular formula is C19H21Cl2NP2. The monoisotopic (exact) mass is 395 g/mol. The first-order chi connectivity index (χ1) is 11.4. The molecule has 2 aromatic carbocycles. The van der Waals surface area contributed by atoms with Crippen LogP contribution in [0.2, 0.25) is 0 Å². The van der Waals surface area contributed by atoms with Gasteiger partial charge in [0, 0.05) is 35.9 Å². The van der Waals surface area contributed by atoms with E-state index in [1.807, 2.05) is 0 Å². The van der Waals surface area contributed by atoms with Crippen LogP contribution < -0.4 is 10.6 Å². The summed E-state index contributed by atoms with van der Waals surface area (Å²) in [5.41, 5.74) is 2.88. The van der Waals surface area contributed by atoms with Crippen molar-refractivity contribution in [2.75, 3.05) is 0 Å². The minimum Gasteiger partial charge on any atom is -0.246 e. The van der Waals surface area contributed by atoms with Crippen LogP contribution in [0.15, 0.2) is 42.5 Å². The highest BCUT2D eigenvalue weighted by molar-refractivity contribution is 7.91. The van der Waals surface area contributed by atoms with Crippen molar-refractivity contribution >= 4 is 69.4 Å². The first-order valence-electron chi connectivity index (χ1n) is 8.12. The lowest BCUT2D eigenvalue weighted by atomic mass is 10.1. The molecule has 0 amide bonds. The summed E-state index contributed by atoms with van der Waals surface area (Å²) in [4.78, 5) is 5.05. The highest BCUT2D eigenvalue weighted by Crippen LogP contribution is 2.48. The Bertz CT molecular complexity index is 811. The number of fused-ring (bicyclic) bond motifs is 2. The van der Waals surface area contributed by atoms with E-state index in [9.17, 15) is 0 Å². The van der Waals surface area contributed by atoms with Gasteiger partial charge in [-0.3, -0.25) is 0 Å². The summed E-state index contributed by atoms with van der Waals surface area (Å²) in [6.07, 6.45) is 0. The van der Waals surface area contributed by atoms with Crippen LogP contribution in [0, 0.1) is 0 Å². The molecule has 24 heavy (non-hydrogen) atoms. The summed E-state index contributed by atoms with van der Waals surface area (Å²) in [6, 6.07) is 14.8. The molecule has 0 bridgehead atoms. The van der Waals surface area contributed by atoms with Gasteiger partial charge in [-0.2, -0.15) is 0 Å². The van der Waals surface area contributed by atoms with Crippen molar-refractivity contribution < 1.29 is 0 Å². The summed E-state index contributed by atoms with van der Waals surface area (Å²) >= 11 is 13.5. The van der Waals surface area contributed by atoms with E-state index in [-0.39, 0.29) is 0 Å². The molecule has 0 radical (unpaired) electrons. The Kier molecular flexibility index (Phi) is 5.68. The number of pyridine rings is 1. The smallest absolute Gasteiger partial charge is 0.0798 e. The second-order valence-electron chi connectivity index (χ2n) is 6.50. The van der Waals surface area contributed by atoms with Gasteiger partial charge in [-0.15, -0.1) is 0 Å².